The van der Waals surface area contributed by atoms with Crippen molar-refractivity contribution in [3.63, 3.8) is 0 Å². The lowest BCUT2D eigenvalue weighted by Crippen LogP contribution is -2.00. The number of aromatic nitrogens is 3. The van der Waals surface area contributed by atoms with E-state index in [1.54, 1.807) is 0 Å². The molecule has 266 valence electrons. The monoisotopic (exact) mass is 727 g/mol. The van der Waals surface area contributed by atoms with Gasteiger partial charge in [-0.15, -0.1) is 0 Å². The first-order valence-corrected chi connectivity index (χ1v) is 19.2. The highest BCUT2D eigenvalue weighted by Gasteiger charge is 2.21. The topological polar surface area (TPSA) is 51.8 Å². The van der Waals surface area contributed by atoms with E-state index in [0.29, 0.717) is 17.5 Å². The van der Waals surface area contributed by atoms with Crippen molar-refractivity contribution in [3.8, 4) is 67.5 Å². The van der Waals surface area contributed by atoms with Gasteiger partial charge in [-0.05, 0) is 73.6 Å². The van der Waals surface area contributed by atoms with Crippen molar-refractivity contribution in [2.45, 2.75) is 0 Å². The molecule has 0 aliphatic heterocycles. The molecule has 0 aliphatic carbocycles. The van der Waals surface area contributed by atoms with Crippen LogP contribution in [0.3, 0.4) is 0 Å². The Morgan fingerprint density at radius 2 is 0.754 bits per heavy atom. The van der Waals surface area contributed by atoms with Gasteiger partial charge in [-0.1, -0.05) is 176 Å². The molecule has 0 bridgehead atoms. The third-order valence-corrected chi connectivity index (χ3v) is 10.9. The summed E-state index contributed by atoms with van der Waals surface area (Å²) in [7, 11) is 0. The highest BCUT2D eigenvalue weighted by atomic mass is 16.3. The number of hydrogen-bond acceptors (Lipinski definition) is 4. The zero-order valence-electron chi connectivity index (χ0n) is 30.8. The first-order valence-electron chi connectivity index (χ1n) is 19.2. The highest BCUT2D eigenvalue weighted by molar-refractivity contribution is 6.17. The van der Waals surface area contributed by atoms with E-state index in [-0.39, 0.29) is 0 Å². The third-order valence-electron chi connectivity index (χ3n) is 10.9. The Bertz CT molecular complexity index is 3260. The minimum Gasteiger partial charge on any atom is -0.455 e. The van der Waals surface area contributed by atoms with Gasteiger partial charge < -0.3 is 4.42 Å². The SMILES string of the molecule is c1ccc(-c2ccc(-c3nc(-c4ccccc4)nc(-c4cc(-c5ccc(-c6ccccc6)c6ccccc56)c5oc6cc7ccccc7cc6c5c4)n3)cc2)cc1. The Kier molecular flexibility index (Phi) is 7.78. The Morgan fingerprint density at radius 1 is 0.281 bits per heavy atom. The van der Waals surface area contributed by atoms with Crippen LogP contribution in [0.2, 0.25) is 0 Å². The fraction of sp³-hybridized carbons (Fsp3) is 0. The van der Waals surface area contributed by atoms with Crippen LogP contribution in [-0.4, -0.2) is 15.0 Å². The molecule has 0 atom stereocenters. The molecule has 0 N–H and O–H groups in total. The lowest BCUT2D eigenvalue weighted by molar-refractivity contribution is 0.670. The molecule has 2 aromatic heterocycles. The number of hydrogen-bond donors (Lipinski definition) is 0. The molecule has 0 unspecified atom stereocenters. The Labute approximate surface area is 329 Å². The summed E-state index contributed by atoms with van der Waals surface area (Å²) in [6.45, 7) is 0. The van der Waals surface area contributed by atoms with Gasteiger partial charge in [-0.3, -0.25) is 0 Å². The smallest absolute Gasteiger partial charge is 0.164 e. The van der Waals surface area contributed by atoms with Gasteiger partial charge >= 0.3 is 0 Å². The van der Waals surface area contributed by atoms with Crippen LogP contribution in [0.4, 0.5) is 0 Å². The normalized spacial score (nSPS) is 11.5. The second kappa shape index (κ2) is 13.6. The molecule has 4 heteroatoms. The van der Waals surface area contributed by atoms with Crippen molar-refractivity contribution < 1.29 is 4.42 Å². The maximum absolute atomic E-state index is 6.88. The van der Waals surface area contributed by atoms with Crippen LogP contribution in [0.1, 0.15) is 0 Å². The Hall–Kier alpha value is -7.69. The zero-order valence-corrected chi connectivity index (χ0v) is 30.8. The molecule has 9 aromatic carbocycles. The fourth-order valence-corrected chi connectivity index (χ4v) is 8.09. The molecule has 11 aromatic rings. The molecule has 0 fully saturated rings. The number of fused-ring (bicyclic) bond motifs is 5. The van der Waals surface area contributed by atoms with Gasteiger partial charge in [-0.2, -0.15) is 0 Å². The molecule has 0 radical (unpaired) electrons. The molecule has 0 saturated carbocycles. The third kappa shape index (κ3) is 5.83. The van der Waals surface area contributed by atoms with E-state index in [4.69, 9.17) is 19.4 Å². The van der Waals surface area contributed by atoms with Crippen molar-refractivity contribution in [1.29, 1.82) is 0 Å². The van der Waals surface area contributed by atoms with Gasteiger partial charge in [0.2, 0.25) is 0 Å². The summed E-state index contributed by atoms with van der Waals surface area (Å²) in [6.07, 6.45) is 0. The summed E-state index contributed by atoms with van der Waals surface area (Å²) in [6, 6.07) is 69.9. The molecule has 0 amide bonds. The average Bonchev–Trinajstić information content (AvgIpc) is 3.65. The van der Waals surface area contributed by atoms with Crippen LogP contribution in [0.15, 0.2) is 205 Å². The van der Waals surface area contributed by atoms with Crippen LogP contribution >= 0.6 is 0 Å². The van der Waals surface area contributed by atoms with Crippen molar-refractivity contribution in [3.05, 3.63) is 200 Å². The molecule has 0 spiro atoms. The molecule has 4 nitrogen and oxygen atoms in total. The van der Waals surface area contributed by atoms with Gasteiger partial charge in [-0.25, -0.2) is 15.0 Å². The zero-order chi connectivity index (χ0) is 37.7. The summed E-state index contributed by atoms with van der Waals surface area (Å²) in [5.74, 6) is 1.82. The predicted molar refractivity (Wildman–Crippen MR) is 235 cm³/mol. The second-order valence-electron chi connectivity index (χ2n) is 14.4. The first kappa shape index (κ1) is 32.7. The summed E-state index contributed by atoms with van der Waals surface area (Å²) in [5, 5.41) is 6.67. The van der Waals surface area contributed by atoms with Gasteiger partial charge in [0.15, 0.2) is 17.5 Å². The molecular formula is C53H33N3O. The van der Waals surface area contributed by atoms with E-state index in [1.807, 2.05) is 36.4 Å². The molecular weight excluding hydrogens is 695 g/mol. The van der Waals surface area contributed by atoms with Crippen molar-refractivity contribution in [2.75, 3.05) is 0 Å². The maximum Gasteiger partial charge on any atom is 0.164 e. The van der Waals surface area contributed by atoms with Gasteiger partial charge in [0, 0.05) is 33.0 Å². The lowest BCUT2D eigenvalue weighted by atomic mass is 9.90. The minimum absolute atomic E-state index is 0.592. The van der Waals surface area contributed by atoms with E-state index in [9.17, 15) is 0 Å². The molecule has 11 rings (SSSR count). The van der Waals surface area contributed by atoms with Crippen LogP contribution < -0.4 is 0 Å². The minimum atomic E-state index is 0.592. The van der Waals surface area contributed by atoms with E-state index in [1.165, 1.54) is 16.5 Å². The summed E-state index contributed by atoms with van der Waals surface area (Å²) in [4.78, 5) is 15.5. The van der Waals surface area contributed by atoms with Crippen LogP contribution in [0.25, 0.3) is 111 Å². The average molecular weight is 728 g/mol. The van der Waals surface area contributed by atoms with Crippen LogP contribution in [0, 0.1) is 0 Å². The summed E-state index contributed by atoms with van der Waals surface area (Å²) < 4.78 is 6.88. The van der Waals surface area contributed by atoms with E-state index in [2.05, 4.69) is 164 Å². The van der Waals surface area contributed by atoms with Gasteiger partial charge in [0.25, 0.3) is 0 Å². The summed E-state index contributed by atoms with van der Waals surface area (Å²) in [5.41, 5.74) is 11.1. The number of benzene rings is 9. The Morgan fingerprint density at radius 3 is 1.42 bits per heavy atom. The molecule has 57 heavy (non-hydrogen) atoms. The van der Waals surface area contributed by atoms with Crippen molar-refractivity contribution in [1.82, 2.24) is 15.0 Å². The van der Waals surface area contributed by atoms with Crippen LogP contribution in [-0.2, 0) is 0 Å². The summed E-state index contributed by atoms with van der Waals surface area (Å²) >= 11 is 0. The fourth-order valence-electron chi connectivity index (χ4n) is 8.09. The maximum atomic E-state index is 6.88. The van der Waals surface area contributed by atoms with Crippen molar-refractivity contribution in [2.24, 2.45) is 0 Å². The quantitative estimate of drug-likeness (QED) is 0.171. The standard InChI is InChI=1S/C53H33N3O/c1-4-14-34(15-5-1)35-24-26-38(27-25-35)52-54-51(37-18-8-3-9-19-37)55-53(56-52)41-31-47(50-48(32-41)46-30-39-20-10-11-21-40(39)33-49(46)57-50)45-29-28-42(36-16-6-2-7-17-36)43-22-12-13-23-44(43)45/h1-33H. The van der Waals surface area contributed by atoms with E-state index >= 15 is 0 Å². The molecule has 0 saturated heterocycles. The van der Waals surface area contributed by atoms with Crippen LogP contribution in [0.5, 0.6) is 0 Å². The number of furan rings is 1. The number of nitrogens with zero attached hydrogens (tertiary/aromatic N) is 3. The predicted octanol–water partition coefficient (Wildman–Crippen LogP) is 14.1. The highest BCUT2D eigenvalue weighted by Crippen LogP contribution is 2.44. The van der Waals surface area contributed by atoms with E-state index < -0.39 is 0 Å². The van der Waals surface area contributed by atoms with Gasteiger partial charge in [0.05, 0.1) is 0 Å². The Balaban J connectivity index is 1.17. The van der Waals surface area contributed by atoms with Crippen molar-refractivity contribution >= 4 is 43.5 Å². The molecule has 2 heterocycles. The first-order chi connectivity index (χ1) is 28.2. The lowest BCUT2D eigenvalue weighted by Gasteiger charge is -2.14. The second-order valence-corrected chi connectivity index (χ2v) is 14.4. The van der Waals surface area contributed by atoms with Gasteiger partial charge in [0.1, 0.15) is 11.2 Å². The largest absolute Gasteiger partial charge is 0.455 e. The number of rotatable bonds is 6. The molecule has 0 aliphatic rings. The van der Waals surface area contributed by atoms with E-state index in [0.717, 1.165) is 77.0 Å².